The number of benzene rings is 3. The minimum atomic E-state index is -4.42. The Bertz CT molecular complexity index is 1350. The van der Waals surface area contributed by atoms with Gasteiger partial charge in [0.1, 0.15) is 0 Å². The lowest BCUT2D eigenvalue weighted by Crippen LogP contribution is -2.33. The Morgan fingerprint density at radius 2 is 1.63 bits per heavy atom. The number of rotatable bonds is 6. The quantitative estimate of drug-likeness (QED) is 0.374. The van der Waals surface area contributed by atoms with Crippen LogP contribution >= 0.6 is 0 Å². The lowest BCUT2D eigenvalue weighted by molar-refractivity contribution is -0.137. The first-order valence-electron chi connectivity index (χ1n) is 13.1. The van der Waals surface area contributed by atoms with Crippen molar-refractivity contribution in [2.45, 2.75) is 43.7 Å². The number of alkyl halides is 3. The summed E-state index contributed by atoms with van der Waals surface area (Å²) in [5, 5.41) is 0. The highest BCUT2D eigenvalue weighted by Gasteiger charge is 2.33. The van der Waals surface area contributed by atoms with Crippen molar-refractivity contribution in [3.8, 4) is 11.1 Å². The maximum atomic E-state index is 13.1. The predicted octanol–water partition coefficient (Wildman–Crippen LogP) is 7.28. The second-order valence-corrected chi connectivity index (χ2v) is 10.2. The van der Waals surface area contributed by atoms with E-state index in [9.17, 15) is 18.0 Å². The summed E-state index contributed by atoms with van der Waals surface area (Å²) < 4.78 is 39.2. The number of likely N-dealkylation sites (tertiary alicyclic amines) is 1. The molecule has 3 aromatic rings. The number of primary amides is 1. The SMILES string of the molecule is NC(=O)c1cc(C2(Cc3ccccc3)C=CC(N3CCCCC3)=CC2)ccc1-c1ccc(C(F)(F)F)cc1. The van der Waals surface area contributed by atoms with Gasteiger partial charge in [0.05, 0.1) is 5.56 Å². The molecule has 1 saturated heterocycles. The van der Waals surface area contributed by atoms with Crippen molar-refractivity contribution < 1.29 is 18.0 Å². The normalized spacial score (nSPS) is 19.8. The number of halogens is 3. The molecule has 0 aromatic heterocycles. The number of hydrogen-bond acceptors (Lipinski definition) is 2. The zero-order chi connectivity index (χ0) is 26.8. The molecule has 3 nitrogen and oxygen atoms in total. The highest BCUT2D eigenvalue weighted by molar-refractivity contribution is 6.00. The number of nitrogens with two attached hydrogens (primary N) is 1. The van der Waals surface area contributed by atoms with Crippen LogP contribution in [0.3, 0.4) is 0 Å². The molecule has 6 heteroatoms. The van der Waals surface area contributed by atoms with Gasteiger partial charge < -0.3 is 10.6 Å². The van der Waals surface area contributed by atoms with Crippen molar-refractivity contribution in [3.05, 3.63) is 119 Å². The van der Waals surface area contributed by atoms with E-state index >= 15 is 0 Å². The van der Waals surface area contributed by atoms with Gasteiger partial charge in [0.25, 0.3) is 0 Å². The molecule has 0 spiro atoms. The van der Waals surface area contributed by atoms with Gasteiger partial charge in [0, 0.05) is 29.8 Å². The lowest BCUT2D eigenvalue weighted by atomic mass is 9.70. The molecule has 1 heterocycles. The molecular formula is C32H31F3N2O. The summed E-state index contributed by atoms with van der Waals surface area (Å²) in [5.74, 6) is -0.610. The first-order chi connectivity index (χ1) is 18.2. The third kappa shape index (κ3) is 5.40. The molecule has 1 atom stereocenters. The summed E-state index contributed by atoms with van der Waals surface area (Å²) in [6.45, 7) is 2.13. The second-order valence-electron chi connectivity index (χ2n) is 10.2. The lowest BCUT2D eigenvalue weighted by Gasteiger charge is -2.37. The number of carbonyl (C=O) groups is 1. The van der Waals surface area contributed by atoms with Crippen molar-refractivity contribution in [3.63, 3.8) is 0 Å². The van der Waals surface area contributed by atoms with Crippen LogP contribution in [0.25, 0.3) is 11.1 Å². The molecule has 0 saturated carbocycles. The molecule has 1 amide bonds. The minimum absolute atomic E-state index is 0.300. The Morgan fingerprint density at radius 1 is 0.921 bits per heavy atom. The Kier molecular flexibility index (Phi) is 7.15. The summed E-state index contributed by atoms with van der Waals surface area (Å²) in [5.41, 5.74) is 9.40. The smallest absolute Gasteiger partial charge is 0.372 e. The molecule has 1 aliphatic heterocycles. The van der Waals surface area contributed by atoms with Gasteiger partial charge in [-0.15, -0.1) is 0 Å². The molecule has 2 N–H and O–H groups in total. The summed E-state index contributed by atoms with van der Waals surface area (Å²) in [4.78, 5) is 15.0. The molecule has 196 valence electrons. The first kappa shape index (κ1) is 25.8. The maximum absolute atomic E-state index is 13.1. The molecular weight excluding hydrogens is 485 g/mol. The topological polar surface area (TPSA) is 46.3 Å². The van der Waals surface area contributed by atoms with E-state index in [1.165, 1.54) is 42.7 Å². The van der Waals surface area contributed by atoms with Gasteiger partial charge in [-0.3, -0.25) is 4.79 Å². The first-order valence-corrected chi connectivity index (χ1v) is 13.1. The number of carbonyl (C=O) groups excluding carboxylic acids is 1. The summed E-state index contributed by atoms with van der Waals surface area (Å²) in [7, 11) is 0. The zero-order valence-electron chi connectivity index (χ0n) is 21.2. The second kappa shape index (κ2) is 10.5. The number of hydrogen-bond donors (Lipinski definition) is 1. The number of allylic oxidation sites excluding steroid dienone is 3. The molecule has 0 radical (unpaired) electrons. The highest BCUT2D eigenvalue weighted by atomic mass is 19.4. The van der Waals surface area contributed by atoms with E-state index in [-0.39, 0.29) is 5.41 Å². The minimum Gasteiger partial charge on any atom is -0.372 e. The van der Waals surface area contributed by atoms with Gasteiger partial charge in [-0.05, 0) is 78.6 Å². The van der Waals surface area contributed by atoms with Crippen LogP contribution in [0.1, 0.15) is 52.7 Å². The van der Waals surface area contributed by atoms with Gasteiger partial charge in [0.15, 0.2) is 0 Å². The van der Waals surface area contributed by atoms with E-state index in [0.717, 1.165) is 43.6 Å². The van der Waals surface area contributed by atoms with Crippen molar-refractivity contribution in [1.82, 2.24) is 4.90 Å². The highest BCUT2D eigenvalue weighted by Crippen LogP contribution is 2.40. The van der Waals surface area contributed by atoms with Gasteiger partial charge in [0.2, 0.25) is 5.91 Å². The van der Waals surface area contributed by atoms with Crippen LogP contribution in [-0.4, -0.2) is 23.9 Å². The van der Waals surface area contributed by atoms with E-state index in [4.69, 9.17) is 5.73 Å². The standard InChI is InChI=1S/C32H31F3N2O/c33-32(34,35)25-11-9-24(10-12-25)28-14-13-26(21-29(28)30(36)38)31(22-23-7-3-1-4-8-23)17-15-27(16-18-31)37-19-5-2-6-20-37/h1,3-4,7-17,21H,2,5-6,18-20,22H2,(H2,36,38). The summed E-state index contributed by atoms with van der Waals surface area (Å²) >= 11 is 0. The van der Waals surface area contributed by atoms with Crippen LogP contribution in [0.4, 0.5) is 13.2 Å². The third-order valence-electron chi connectivity index (χ3n) is 7.72. The average Bonchev–Trinajstić information content (AvgIpc) is 2.94. The van der Waals surface area contributed by atoms with Crippen molar-refractivity contribution in [2.24, 2.45) is 5.73 Å². The number of piperidine rings is 1. The van der Waals surface area contributed by atoms with Gasteiger partial charge >= 0.3 is 6.18 Å². The Morgan fingerprint density at radius 3 is 2.24 bits per heavy atom. The van der Waals surface area contributed by atoms with Gasteiger partial charge in [-0.1, -0.05) is 66.7 Å². The predicted molar refractivity (Wildman–Crippen MR) is 144 cm³/mol. The Balaban J connectivity index is 1.53. The average molecular weight is 517 g/mol. The van der Waals surface area contributed by atoms with Crippen LogP contribution in [0.2, 0.25) is 0 Å². The van der Waals surface area contributed by atoms with Crippen LogP contribution in [0.5, 0.6) is 0 Å². The van der Waals surface area contributed by atoms with Crippen LogP contribution in [-0.2, 0) is 18.0 Å². The van der Waals surface area contributed by atoms with Crippen LogP contribution in [0.15, 0.2) is 96.7 Å². The Labute approximate surface area is 221 Å². The molecule has 0 bridgehead atoms. The largest absolute Gasteiger partial charge is 0.416 e. The molecule has 2 aliphatic rings. The number of nitrogens with zero attached hydrogens (tertiary/aromatic N) is 1. The Hall–Kier alpha value is -3.80. The fourth-order valence-corrected chi connectivity index (χ4v) is 5.61. The molecule has 38 heavy (non-hydrogen) atoms. The van der Waals surface area contributed by atoms with E-state index in [1.54, 1.807) is 0 Å². The maximum Gasteiger partial charge on any atom is 0.416 e. The molecule has 3 aromatic carbocycles. The summed E-state index contributed by atoms with van der Waals surface area (Å²) in [6, 6.07) is 20.7. The zero-order valence-corrected chi connectivity index (χ0v) is 21.2. The fraction of sp³-hybridized carbons (Fsp3) is 0.281. The third-order valence-corrected chi connectivity index (χ3v) is 7.72. The van der Waals surface area contributed by atoms with Gasteiger partial charge in [-0.25, -0.2) is 0 Å². The molecule has 1 aliphatic carbocycles. The molecule has 5 rings (SSSR count). The fourth-order valence-electron chi connectivity index (χ4n) is 5.61. The van der Waals surface area contributed by atoms with Crippen molar-refractivity contribution >= 4 is 5.91 Å². The monoisotopic (exact) mass is 516 g/mol. The van der Waals surface area contributed by atoms with E-state index in [1.807, 2.05) is 36.4 Å². The van der Waals surface area contributed by atoms with E-state index in [2.05, 4.69) is 35.3 Å². The van der Waals surface area contributed by atoms with Crippen LogP contribution in [0, 0.1) is 0 Å². The van der Waals surface area contributed by atoms with Gasteiger partial charge in [-0.2, -0.15) is 13.2 Å². The number of amides is 1. The summed E-state index contributed by atoms with van der Waals surface area (Å²) in [6.07, 6.45) is 7.50. The van der Waals surface area contributed by atoms with Crippen molar-refractivity contribution in [2.75, 3.05) is 13.1 Å². The van der Waals surface area contributed by atoms with Crippen molar-refractivity contribution in [1.29, 1.82) is 0 Å². The molecule has 1 fully saturated rings. The van der Waals surface area contributed by atoms with E-state index in [0.29, 0.717) is 16.7 Å². The van der Waals surface area contributed by atoms with Crippen LogP contribution < -0.4 is 5.73 Å². The van der Waals surface area contributed by atoms with E-state index < -0.39 is 17.6 Å². The molecule has 1 unspecified atom stereocenters.